The third-order valence-corrected chi connectivity index (χ3v) is 4.92. The summed E-state index contributed by atoms with van der Waals surface area (Å²) in [7, 11) is 1.41. The Labute approximate surface area is 183 Å². The summed E-state index contributed by atoms with van der Waals surface area (Å²) in [5, 5.41) is 19.5. The number of esters is 1. The van der Waals surface area contributed by atoms with Crippen molar-refractivity contribution in [2.24, 2.45) is 4.99 Å². The number of hydrogen-bond acceptors (Lipinski definition) is 8. The van der Waals surface area contributed by atoms with Crippen LogP contribution < -0.4 is 9.47 Å². The van der Waals surface area contributed by atoms with Crippen molar-refractivity contribution in [2.75, 3.05) is 20.3 Å². The molecule has 1 aromatic rings. The van der Waals surface area contributed by atoms with Crippen LogP contribution in [0.4, 0.5) is 0 Å². The van der Waals surface area contributed by atoms with E-state index in [9.17, 15) is 19.5 Å². The SMILES string of the molecule is CCCC(=O)N=C1S/C(=C\c2ccc(OCC(=O)O)c(OC)c2)C(O)=C1C(=O)OCC. The smallest absolute Gasteiger partial charge is 0.344 e. The molecule has 10 heteroatoms. The van der Waals surface area contributed by atoms with Gasteiger partial charge >= 0.3 is 11.9 Å². The summed E-state index contributed by atoms with van der Waals surface area (Å²) in [6.45, 7) is 3.05. The van der Waals surface area contributed by atoms with E-state index in [1.54, 1.807) is 25.1 Å². The van der Waals surface area contributed by atoms with E-state index in [0.717, 1.165) is 11.8 Å². The van der Waals surface area contributed by atoms with Crippen molar-refractivity contribution in [1.82, 2.24) is 0 Å². The van der Waals surface area contributed by atoms with Crippen LogP contribution in [0.3, 0.4) is 0 Å². The molecule has 166 valence electrons. The Morgan fingerprint density at radius 2 is 1.94 bits per heavy atom. The van der Waals surface area contributed by atoms with Gasteiger partial charge in [0.05, 0.1) is 18.6 Å². The van der Waals surface area contributed by atoms with E-state index in [2.05, 4.69) is 4.99 Å². The van der Waals surface area contributed by atoms with Gasteiger partial charge in [-0.25, -0.2) is 14.6 Å². The number of carboxylic acids is 1. The summed E-state index contributed by atoms with van der Waals surface area (Å²) in [4.78, 5) is 39.3. The number of carbonyl (C=O) groups excluding carboxylic acids is 2. The lowest BCUT2D eigenvalue weighted by Gasteiger charge is -2.10. The number of thioether (sulfide) groups is 1. The maximum atomic E-state index is 12.3. The van der Waals surface area contributed by atoms with Gasteiger partial charge in [-0.15, -0.1) is 0 Å². The number of aliphatic carboxylic acids is 1. The average molecular weight is 449 g/mol. The van der Waals surface area contributed by atoms with Crippen LogP contribution in [0.5, 0.6) is 11.5 Å². The molecule has 0 fully saturated rings. The molecule has 0 aromatic heterocycles. The fourth-order valence-electron chi connectivity index (χ4n) is 2.56. The maximum Gasteiger partial charge on any atom is 0.344 e. The van der Waals surface area contributed by atoms with Crippen molar-refractivity contribution in [2.45, 2.75) is 26.7 Å². The fourth-order valence-corrected chi connectivity index (χ4v) is 3.59. The largest absolute Gasteiger partial charge is 0.506 e. The molecule has 0 unspecified atom stereocenters. The fraction of sp³-hybridized carbons (Fsp3) is 0.333. The molecule has 2 N–H and O–H groups in total. The third kappa shape index (κ3) is 6.35. The molecule has 1 aliphatic rings. The van der Waals surface area contributed by atoms with Gasteiger partial charge in [0.1, 0.15) is 16.4 Å². The van der Waals surface area contributed by atoms with Crippen molar-refractivity contribution in [3.8, 4) is 11.5 Å². The number of amides is 1. The van der Waals surface area contributed by atoms with Crippen LogP contribution in [-0.2, 0) is 19.1 Å². The van der Waals surface area contributed by atoms with Crippen LogP contribution >= 0.6 is 11.8 Å². The molecule has 0 aliphatic carbocycles. The molecular weight excluding hydrogens is 426 g/mol. The summed E-state index contributed by atoms with van der Waals surface area (Å²) in [6, 6.07) is 4.74. The van der Waals surface area contributed by atoms with Crippen molar-refractivity contribution >= 4 is 40.7 Å². The second kappa shape index (κ2) is 11.2. The molecule has 1 amide bonds. The van der Waals surface area contributed by atoms with Crippen molar-refractivity contribution in [3.05, 3.63) is 40.0 Å². The van der Waals surface area contributed by atoms with Gasteiger partial charge in [0.25, 0.3) is 0 Å². The molecule has 9 nitrogen and oxygen atoms in total. The van der Waals surface area contributed by atoms with Crippen molar-refractivity contribution in [1.29, 1.82) is 0 Å². The first-order valence-electron chi connectivity index (χ1n) is 9.45. The number of carboxylic acid groups (broad SMARTS) is 1. The van der Waals surface area contributed by atoms with Crippen LogP contribution in [0.25, 0.3) is 6.08 Å². The van der Waals surface area contributed by atoms with Crippen molar-refractivity contribution in [3.63, 3.8) is 0 Å². The lowest BCUT2D eigenvalue weighted by atomic mass is 10.1. The highest BCUT2D eigenvalue weighted by molar-refractivity contribution is 8.18. The normalized spacial score (nSPS) is 16.0. The molecule has 0 saturated carbocycles. The van der Waals surface area contributed by atoms with E-state index in [-0.39, 0.29) is 35.2 Å². The van der Waals surface area contributed by atoms with E-state index >= 15 is 0 Å². The van der Waals surface area contributed by atoms with Gasteiger partial charge in [-0.2, -0.15) is 0 Å². The molecule has 0 bridgehead atoms. The zero-order chi connectivity index (χ0) is 23.0. The zero-order valence-electron chi connectivity index (χ0n) is 17.3. The van der Waals surface area contributed by atoms with Crippen LogP contribution in [0.1, 0.15) is 32.3 Å². The number of carbonyl (C=O) groups is 3. The van der Waals surface area contributed by atoms with E-state index in [1.165, 1.54) is 13.2 Å². The Hall–Kier alpha value is -3.27. The summed E-state index contributed by atoms with van der Waals surface area (Å²) >= 11 is 0.977. The Balaban J connectivity index is 2.41. The van der Waals surface area contributed by atoms with E-state index in [1.807, 2.05) is 6.92 Å². The highest BCUT2D eigenvalue weighted by Gasteiger charge is 2.33. The average Bonchev–Trinajstić information content (AvgIpc) is 3.01. The Morgan fingerprint density at radius 1 is 1.19 bits per heavy atom. The number of hydrogen-bond donors (Lipinski definition) is 2. The third-order valence-electron chi connectivity index (χ3n) is 3.90. The lowest BCUT2D eigenvalue weighted by molar-refractivity contribution is -0.139. The molecule has 0 atom stereocenters. The Bertz CT molecular complexity index is 964. The van der Waals surface area contributed by atoms with Gasteiger partial charge in [0, 0.05) is 6.42 Å². The quantitative estimate of drug-likeness (QED) is 0.545. The monoisotopic (exact) mass is 449 g/mol. The number of aliphatic hydroxyl groups excluding tert-OH is 1. The molecule has 0 spiro atoms. The van der Waals surface area contributed by atoms with Crippen LogP contribution in [0.15, 0.2) is 39.4 Å². The van der Waals surface area contributed by atoms with Crippen LogP contribution in [0.2, 0.25) is 0 Å². The first kappa shape index (κ1) is 24.0. The Morgan fingerprint density at radius 3 is 2.55 bits per heavy atom. The number of methoxy groups -OCH3 is 1. The predicted octanol–water partition coefficient (Wildman–Crippen LogP) is 3.35. The van der Waals surface area contributed by atoms with E-state index in [0.29, 0.717) is 22.6 Å². The van der Waals surface area contributed by atoms with Gasteiger partial charge < -0.3 is 24.4 Å². The minimum atomic E-state index is -1.12. The highest BCUT2D eigenvalue weighted by atomic mass is 32.2. The molecule has 1 aromatic carbocycles. The number of rotatable bonds is 9. The van der Waals surface area contributed by atoms with Gasteiger partial charge in [-0.3, -0.25) is 4.79 Å². The summed E-state index contributed by atoms with van der Waals surface area (Å²) in [5.74, 6) is -2.10. The van der Waals surface area contributed by atoms with Crippen molar-refractivity contribution < 1.29 is 38.8 Å². The number of ether oxygens (including phenoxy) is 3. The first-order valence-corrected chi connectivity index (χ1v) is 10.3. The van der Waals surface area contributed by atoms with E-state index in [4.69, 9.17) is 19.3 Å². The molecule has 0 saturated heterocycles. The van der Waals surface area contributed by atoms with Gasteiger partial charge in [-0.05, 0) is 37.1 Å². The molecule has 31 heavy (non-hydrogen) atoms. The second-order valence-electron chi connectivity index (χ2n) is 6.21. The molecular formula is C21H23NO8S. The summed E-state index contributed by atoms with van der Waals surface area (Å²) in [5.41, 5.74) is 0.425. The van der Waals surface area contributed by atoms with Gasteiger partial charge in [-0.1, -0.05) is 24.8 Å². The predicted molar refractivity (Wildman–Crippen MR) is 115 cm³/mol. The maximum absolute atomic E-state index is 12.3. The molecule has 0 radical (unpaired) electrons. The molecule has 2 rings (SSSR count). The van der Waals surface area contributed by atoms with Gasteiger partial charge in [0.2, 0.25) is 5.91 Å². The number of aliphatic imine (C=N–C) groups is 1. The molecule has 1 heterocycles. The van der Waals surface area contributed by atoms with Gasteiger partial charge in [0.15, 0.2) is 18.1 Å². The highest BCUT2D eigenvalue weighted by Crippen LogP contribution is 2.40. The first-order chi connectivity index (χ1) is 14.8. The standard InChI is InChI=1S/C21H23NO8S/c1-4-6-16(23)22-20-18(21(27)29-5-2)19(26)15(31-20)10-12-7-8-13(14(9-12)28-3)30-11-17(24)25/h7-10,26H,4-6,11H2,1-3H3,(H,24,25)/b15-10-,22-20?. The Kier molecular flexibility index (Phi) is 8.68. The topological polar surface area (TPSA) is 132 Å². The zero-order valence-corrected chi connectivity index (χ0v) is 18.2. The lowest BCUT2D eigenvalue weighted by Crippen LogP contribution is -2.14. The van der Waals surface area contributed by atoms with Crippen LogP contribution in [-0.4, -0.2) is 53.4 Å². The number of nitrogens with zero attached hydrogens (tertiary/aromatic N) is 1. The summed E-state index contributed by atoms with van der Waals surface area (Å²) in [6.07, 6.45) is 2.40. The number of benzene rings is 1. The number of aliphatic hydroxyl groups is 1. The summed E-state index contributed by atoms with van der Waals surface area (Å²) < 4.78 is 15.4. The van der Waals surface area contributed by atoms with Crippen LogP contribution in [0, 0.1) is 0 Å². The van der Waals surface area contributed by atoms with E-state index < -0.39 is 24.5 Å². The minimum Gasteiger partial charge on any atom is -0.506 e. The second-order valence-corrected chi connectivity index (χ2v) is 7.24. The molecule has 1 aliphatic heterocycles. The minimum absolute atomic E-state index is 0.0778.